The topological polar surface area (TPSA) is 46.2 Å². The molecule has 1 fully saturated rings. The molecule has 2 rings (SSSR count). The summed E-state index contributed by atoms with van der Waals surface area (Å²) in [6.45, 7) is 3.17. The summed E-state index contributed by atoms with van der Waals surface area (Å²) in [6, 6.07) is 6.95. The highest BCUT2D eigenvalue weighted by molar-refractivity contribution is 7.91. The molecule has 2 atom stereocenters. The predicted octanol–water partition coefficient (Wildman–Crippen LogP) is 3.67. The Morgan fingerprint density at radius 3 is 2.62 bits per heavy atom. The normalized spacial score (nSPS) is 22.6. The van der Waals surface area contributed by atoms with Crippen molar-refractivity contribution >= 4 is 21.4 Å². The summed E-state index contributed by atoms with van der Waals surface area (Å²) < 4.78 is 24.7. The average molecular weight is 330 g/mol. The van der Waals surface area contributed by atoms with Crippen LogP contribution in [-0.4, -0.2) is 26.8 Å². The van der Waals surface area contributed by atoms with E-state index in [0.29, 0.717) is 21.9 Å². The first-order valence-corrected chi connectivity index (χ1v) is 9.77. The van der Waals surface area contributed by atoms with E-state index in [1.54, 1.807) is 24.3 Å². The third-order valence-corrected chi connectivity index (χ3v) is 6.26. The van der Waals surface area contributed by atoms with Crippen molar-refractivity contribution < 1.29 is 8.42 Å². The van der Waals surface area contributed by atoms with Crippen LogP contribution in [0.2, 0.25) is 5.02 Å². The van der Waals surface area contributed by atoms with E-state index in [1.165, 1.54) is 12.8 Å². The van der Waals surface area contributed by atoms with Crippen molar-refractivity contribution in [1.29, 1.82) is 0 Å². The Hall–Kier alpha value is -0.580. The standard InChI is InChI=1S/C16H24ClNO2S/c1-2-11-18-16-5-3-4-13(16)10-12-21(19,20)15-8-6-14(17)7-9-15/h6-9,13,16,18H,2-5,10-12H2,1H3. The molecule has 0 heterocycles. The zero-order valence-electron chi connectivity index (χ0n) is 12.5. The molecule has 1 aromatic rings. The molecule has 1 saturated carbocycles. The van der Waals surface area contributed by atoms with Gasteiger partial charge in [0.15, 0.2) is 9.84 Å². The molecule has 118 valence electrons. The molecule has 1 aromatic carbocycles. The van der Waals surface area contributed by atoms with Crippen molar-refractivity contribution in [3.05, 3.63) is 29.3 Å². The van der Waals surface area contributed by atoms with Crippen LogP contribution in [0.5, 0.6) is 0 Å². The maximum atomic E-state index is 12.4. The molecule has 3 nitrogen and oxygen atoms in total. The lowest BCUT2D eigenvalue weighted by atomic mass is 10.0. The molecule has 0 bridgehead atoms. The van der Waals surface area contributed by atoms with Crippen LogP contribution in [0.1, 0.15) is 39.0 Å². The minimum atomic E-state index is -3.19. The summed E-state index contributed by atoms with van der Waals surface area (Å²) in [7, 11) is -3.19. The maximum Gasteiger partial charge on any atom is 0.178 e. The number of rotatable bonds is 7. The van der Waals surface area contributed by atoms with Gasteiger partial charge in [0, 0.05) is 11.1 Å². The van der Waals surface area contributed by atoms with Crippen molar-refractivity contribution in [3.8, 4) is 0 Å². The summed E-state index contributed by atoms with van der Waals surface area (Å²) in [5.74, 6) is 0.711. The molecule has 0 amide bonds. The van der Waals surface area contributed by atoms with Crippen LogP contribution in [-0.2, 0) is 9.84 Å². The van der Waals surface area contributed by atoms with Crippen LogP contribution in [0.4, 0.5) is 0 Å². The quantitative estimate of drug-likeness (QED) is 0.830. The smallest absolute Gasteiger partial charge is 0.178 e. The zero-order chi connectivity index (χ0) is 15.3. The van der Waals surface area contributed by atoms with Gasteiger partial charge in [-0.25, -0.2) is 8.42 Å². The van der Waals surface area contributed by atoms with Gasteiger partial charge in [-0.3, -0.25) is 0 Å². The first-order chi connectivity index (χ1) is 10.0. The lowest BCUT2D eigenvalue weighted by molar-refractivity contribution is 0.391. The zero-order valence-corrected chi connectivity index (χ0v) is 14.1. The van der Waals surface area contributed by atoms with Crippen molar-refractivity contribution in [1.82, 2.24) is 5.32 Å². The number of hydrogen-bond donors (Lipinski definition) is 1. The SMILES string of the molecule is CCCNC1CCCC1CCS(=O)(=O)c1ccc(Cl)cc1. The molecule has 5 heteroatoms. The number of benzene rings is 1. The van der Waals surface area contributed by atoms with Crippen LogP contribution in [0.15, 0.2) is 29.2 Å². The molecule has 1 aliphatic rings. The van der Waals surface area contributed by atoms with Gasteiger partial charge in [0.05, 0.1) is 10.6 Å². The fraction of sp³-hybridized carbons (Fsp3) is 0.625. The Morgan fingerprint density at radius 1 is 1.24 bits per heavy atom. The number of nitrogens with one attached hydrogen (secondary N) is 1. The highest BCUT2D eigenvalue weighted by atomic mass is 35.5. The van der Waals surface area contributed by atoms with E-state index in [2.05, 4.69) is 12.2 Å². The van der Waals surface area contributed by atoms with Crippen LogP contribution in [0.25, 0.3) is 0 Å². The number of hydrogen-bond acceptors (Lipinski definition) is 3. The average Bonchev–Trinajstić information content (AvgIpc) is 2.91. The van der Waals surface area contributed by atoms with E-state index in [4.69, 9.17) is 11.6 Å². The molecule has 2 unspecified atom stereocenters. The van der Waals surface area contributed by atoms with Gasteiger partial charge >= 0.3 is 0 Å². The largest absolute Gasteiger partial charge is 0.314 e. The molecule has 1 N–H and O–H groups in total. The molecule has 21 heavy (non-hydrogen) atoms. The van der Waals surface area contributed by atoms with Gasteiger partial charge in [-0.15, -0.1) is 0 Å². The van der Waals surface area contributed by atoms with Crippen molar-refractivity contribution in [2.24, 2.45) is 5.92 Å². The Bertz CT molecular complexity index is 542. The van der Waals surface area contributed by atoms with E-state index < -0.39 is 9.84 Å². The molecule has 1 aliphatic carbocycles. The van der Waals surface area contributed by atoms with Gasteiger partial charge in [-0.2, -0.15) is 0 Å². The summed E-state index contributed by atoms with van der Waals surface area (Å²) in [5, 5.41) is 4.12. The van der Waals surface area contributed by atoms with E-state index >= 15 is 0 Å². The second-order valence-corrected chi connectivity index (χ2v) is 8.36. The third kappa shape index (κ3) is 4.70. The summed E-state index contributed by atoms with van der Waals surface area (Å²) in [5.41, 5.74) is 0. The van der Waals surface area contributed by atoms with Crippen LogP contribution in [0.3, 0.4) is 0 Å². The second-order valence-electron chi connectivity index (χ2n) is 5.81. The lowest BCUT2D eigenvalue weighted by Gasteiger charge is -2.20. The Morgan fingerprint density at radius 2 is 1.95 bits per heavy atom. The monoisotopic (exact) mass is 329 g/mol. The third-order valence-electron chi connectivity index (χ3n) is 4.25. The minimum absolute atomic E-state index is 0.226. The molecule has 0 saturated heterocycles. The van der Waals surface area contributed by atoms with Crippen LogP contribution >= 0.6 is 11.6 Å². The summed E-state index contributed by atoms with van der Waals surface area (Å²) in [4.78, 5) is 0.378. The Balaban J connectivity index is 1.93. The van der Waals surface area contributed by atoms with E-state index in [0.717, 1.165) is 25.8 Å². The van der Waals surface area contributed by atoms with Gasteiger partial charge in [0.25, 0.3) is 0 Å². The predicted molar refractivity (Wildman–Crippen MR) is 87.5 cm³/mol. The maximum absolute atomic E-state index is 12.4. The van der Waals surface area contributed by atoms with Gasteiger partial charge in [-0.1, -0.05) is 24.9 Å². The van der Waals surface area contributed by atoms with E-state index in [-0.39, 0.29) is 5.75 Å². The van der Waals surface area contributed by atoms with Crippen molar-refractivity contribution in [3.63, 3.8) is 0 Å². The van der Waals surface area contributed by atoms with Crippen molar-refractivity contribution in [2.75, 3.05) is 12.3 Å². The molecule has 0 spiro atoms. The lowest BCUT2D eigenvalue weighted by Crippen LogP contribution is -2.33. The fourth-order valence-corrected chi connectivity index (χ4v) is 4.57. The first-order valence-electron chi connectivity index (χ1n) is 7.74. The highest BCUT2D eigenvalue weighted by Gasteiger charge is 2.28. The van der Waals surface area contributed by atoms with Crippen LogP contribution < -0.4 is 5.32 Å². The molecule has 0 radical (unpaired) electrons. The first kappa shape index (κ1) is 16.8. The fourth-order valence-electron chi connectivity index (χ4n) is 3.05. The number of halogens is 1. The Labute approximate surface area is 133 Å². The van der Waals surface area contributed by atoms with Gasteiger partial charge < -0.3 is 5.32 Å². The van der Waals surface area contributed by atoms with Gasteiger partial charge in [0.2, 0.25) is 0 Å². The molecule has 0 aliphatic heterocycles. The van der Waals surface area contributed by atoms with Crippen molar-refractivity contribution in [2.45, 2.75) is 50.0 Å². The van der Waals surface area contributed by atoms with Gasteiger partial charge in [-0.05, 0) is 62.4 Å². The molecular formula is C16H24ClNO2S. The summed E-state index contributed by atoms with van der Waals surface area (Å²) in [6.07, 6.45) is 5.37. The Kier molecular flexibility index (Phi) is 6.08. The highest BCUT2D eigenvalue weighted by Crippen LogP contribution is 2.29. The van der Waals surface area contributed by atoms with Gasteiger partial charge in [0.1, 0.15) is 0 Å². The number of sulfone groups is 1. The minimum Gasteiger partial charge on any atom is -0.314 e. The molecule has 0 aromatic heterocycles. The van der Waals surface area contributed by atoms with E-state index in [9.17, 15) is 8.42 Å². The second kappa shape index (κ2) is 7.61. The van der Waals surface area contributed by atoms with Crippen LogP contribution in [0, 0.1) is 5.92 Å². The van der Waals surface area contributed by atoms with E-state index in [1.807, 2.05) is 0 Å². The summed E-state index contributed by atoms with van der Waals surface area (Å²) >= 11 is 5.81. The molecular weight excluding hydrogens is 306 g/mol.